The van der Waals surface area contributed by atoms with Crippen molar-refractivity contribution in [3.63, 3.8) is 0 Å². The summed E-state index contributed by atoms with van der Waals surface area (Å²) < 4.78 is 7.94. The predicted molar refractivity (Wildman–Crippen MR) is 123 cm³/mol. The lowest BCUT2D eigenvalue weighted by Gasteiger charge is -2.32. The van der Waals surface area contributed by atoms with Crippen molar-refractivity contribution >= 4 is 11.0 Å². The summed E-state index contributed by atoms with van der Waals surface area (Å²) in [6, 6.07) is 15.0. The van der Waals surface area contributed by atoms with E-state index in [9.17, 15) is 0 Å². The number of likely N-dealkylation sites (tertiary alicyclic amines) is 1. The van der Waals surface area contributed by atoms with Crippen LogP contribution in [0.3, 0.4) is 0 Å². The summed E-state index contributed by atoms with van der Waals surface area (Å²) in [4.78, 5) is 6.67. The number of furan rings is 1. The summed E-state index contributed by atoms with van der Waals surface area (Å²) in [5.41, 5.74) is 4.38. The number of benzene rings is 1. The van der Waals surface area contributed by atoms with E-state index in [1.54, 1.807) is 0 Å². The molecule has 0 aliphatic carbocycles. The molecular formula is C25H29N5O. The highest BCUT2D eigenvalue weighted by atomic mass is 16.3. The van der Waals surface area contributed by atoms with Crippen molar-refractivity contribution in [2.75, 3.05) is 19.6 Å². The van der Waals surface area contributed by atoms with E-state index in [0.717, 1.165) is 55.0 Å². The molecule has 31 heavy (non-hydrogen) atoms. The number of para-hydroxylation sites is 1. The molecule has 0 spiro atoms. The third-order valence-electron chi connectivity index (χ3n) is 6.20. The van der Waals surface area contributed by atoms with E-state index in [-0.39, 0.29) is 0 Å². The summed E-state index contributed by atoms with van der Waals surface area (Å²) in [5, 5.41) is 9.55. The Hall–Kier alpha value is -2.96. The van der Waals surface area contributed by atoms with Gasteiger partial charge in [0.05, 0.1) is 0 Å². The Labute approximate surface area is 182 Å². The number of nitrogens with one attached hydrogen (secondary N) is 1. The van der Waals surface area contributed by atoms with E-state index in [2.05, 4.69) is 50.8 Å². The Morgan fingerprint density at radius 1 is 1.10 bits per heavy atom. The van der Waals surface area contributed by atoms with Crippen LogP contribution >= 0.6 is 0 Å². The number of hydrogen-bond acceptors (Lipinski definition) is 5. The maximum atomic E-state index is 6.06. The Balaban J connectivity index is 1.16. The van der Waals surface area contributed by atoms with Crippen LogP contribution in [0.5, 0.6) is 0 Å². The Morgan fingerprint density at radius 2 is 1.90 bits per heavy atom. The minimum absolute atomic E-state index is 0.543. The lowest BCUT2D eigenvalue weighted by Crippen LogP contribution is -2.42. The lowest BCUT2D eigenvalue weighted by molar-refractivity contribution is 0.199. The van der Waals surface area contributed by atoms with E-state index in [1.807, 2.05) is 42.3 Å². The Kier molecular flexibility index (Phi) is 5.82. The maximum Gasteiger partial charge on any atom is 0.156 e. The summed E-state index contributed by atoms with van der Waals surface area (Å²) in [7, 11) is 1.97. The summed E-state index contributed by atoms with van der Waals surface area (Å²) in [6.45, 7) is 4.22. The van der Waals surface area contributed by atoms with Crippen LogP contribution in [-0.4, -0.2) is 45.3 Å². The largest absolute Gasteiger partial charge is 0.454 e. The van der Waals surface area contributed by atoms with Gasteiger partial charge >= 0.3 is 0 Å². The van der Waals surface area contributed by atoms with Gasteiger partial charge in [-0.25, -0.2) is 0 Å². The average molecular weight is 416 g/mol. The van der Waals surface area contributed by atoms with Gasteiger partial charge in [0, 0.05) is 55.7 Å². The van der Waals surface area contributed by atoms with Crippen LogP contribution in [0.4, 0.5) is 0 Å². The average Bonchev–Trinajstić information content (AvgIpc) is 3.40. The fourth-order valence-corrected chi connectivity index (χ4v) is 4.42. The molecule has 0 bridgehead atoms. The highest BCUT2D eigenvalue weighted by Crippen LogP contribution is 2.29. The highest BCUT2D eigenvalue weighted by molar-refractivity contribution is 5.82. The fourth-order valence-electron chi connectivity index (χ4n) is 4.42. The minimum Gasteiger partial charge on any atom is -0.454 e. The van der Waals surface area contributed by atoms with Crippen LogP contribution in [0.15, 0.2) is 65.5 Å². The lowest BCUT2D eigenvalue weighted by atomic mass is 10.0. The van der Waals surface area contributed by atoms with Gasteiger partial charge in [-0.15, -0.1) is 0 Å². The van der Waals surface area contributed by atoms with Crippen LogP contribution in [-0.2, 0) is 20.0 Å². The van der Waals surface area contributed by atoms with E-state index >= 15 is 0 Å². The van der Waals surface area contributed by atoms with E-state index in [4.69, 9.17) is 4.42 Å². The number of fused-ring (bicyclic) bond motifs is 1. The van der Waals surface area contributed by atoms with Gasteiger partial charge in [0.1, 0.15) is 11.3 Å². The number of piperidine rings is 1. The molecule has 0 radical (unpaired) electrons. The topological polar surface area (TPSA) is 59.1 Å². The van der Waals surface area contributed by atoms with Crippen LogP contribution in [0.25, 0.3) is 22.4 Å². The zero-order valence-corrected chi connectivity index (χ0v) is 18.0. The van der Waals surface area contributed by atoms with Crippen LogP contribution in [0, 0.1) is 0 Å². The van der Waals surface area contributed by atoms with E-state index < -0.39 is 0 Å². The number of rotatable bonds is 7. The molecule has 1 saturated heterocycles. The molecule has 6 heteroatoms. The van der Waals surface area contributed by atoms with Crippen LogP contribution in [0.1, 0.15) is 24.0 Å². The molecule has 4 heterocycles. The zero-order chi connectivity index (χ0) is 21.0. The summed E-state index contributed by atoms with van der Waals surface area (Å²) in [5.74, 6) is 0.838. The van der Waals surface area contributed by atoms with Crippen molar-refractivity contribution in [1.29, 1.82) is 0 Å². The third-order valence-corrected chi connectivity index (χ3v) is 6.20. The highest BCUT2D eigenvalue weighted by Gasteiger charge is 2.20. The van der Waals surface area contributed by atoms with Gasteiger partial charge in [0.15, 0.2) is 5.76 Å². The number of nitrogens with zero attached hydrogens (tertiary/aromatic N) is 4. The van der Waals surface area contributed by atoms with Crippen molar-refractivity contribution in [2.24, 2.45) is 7.05 Å². The van der Waals surface area contributed by atoms with Gasteiger partial charge in [0.25, 0.3) is 0 Å². The van der Waals surface area contributed by atoms with E-state index in [1.165, 1.54) is 24.0 Å². The number of aryl methyl sites for hydroxylation is 1. The number of pyridine rings is 1. The first-order valence-electron chi connectivity index (χ1n) is 11.1. The molecule has 1 aliphatic rings. The van der Waals surface area contributed by atoms with Gasteiger partial charge < -0.3 is 14.6 Å². The SMILES string of the molecule is Cn1cc(CNC2CCN(CCc3ccncc3)CC2)c(-c2cc3ccccc3o2)n1. The molecule has 1 N–H and O–H groups in total. The van der Waals surface area contributed by atoms with Gasteiger partial charge in [0.2, 0.25) is 0 Å². The molecular weight excluding hydrogens is 386 g/mol. The quantitative estimate of drug-likeness (QED) is 0.494. The molecule has 4 aromatic rings. The zero-order valence-electron chi connectivity index (χ0n) is 18.0. The van der Waals surface area contributed by atoms with Gasteiger partial charge in [-0.05, 0) is 62.2 Å². The summed E-state index contributed by atoms with van der Waals surface area (Å²) >= 11 is 0. The minimum atomic E-state index is 0.543. The molecule has 160 valence electrons. The number of aromatic nitrogens is 3. The Morgan fingerprint density at radius 3 is 2.71 bits per heavy atom. The smallest absolute Gasteiger partial charge is 0.156 e. The second-order valence-electron chi connectivity index (χ2n) is 8.43. The van der Waals surface area contributed by atoms with E-state index in [0.29, 0.717) is 6.04 Å². The molecule has 0 unspecified atom stereocenters. The first-order valence-corrected chi connectivity index (χ1v) is 11.1. The van der Waals surface area contributed by atoms with Gasteiger partial charge in [-0.2, -0.15) is 5.10 Å². The normalized spacial score (nSPS) is 15.6. The summed E-state index contributed by atoms with van der Waals surface area (Å²) in [6.07, 6.45) is 9.30. The third kappa shape index (κ3) is 4.70. The molecule has 0 amide bonds. The Bertz CT molecular complexity index is 1090. The number of hydrogen-bond donors (Lipinski definition) is 1. The molecule has 5 rings (SSSR count). The second-order valence-corrected chi connectivity index (χ2v) is 8.43. The fraction of sp³-hybridized carbons (Fsp3) is 0.360. The first-order chi connectivity index (χ1) is 15.2. The van der Waals surface area contributed by atoms with Gasteiger partial charge in [-0.1, -0.05) is 18.2 Å². The van der Waals surface area contributed by atoms with Gasteiger partial charge in [-0.3, -0.25) is 9.67 Å². The van der Waals surface area contributed by atoms with Crippen molar-refractivity contribution < 1.29 is 4.42 Å². The predicted octanol–water partition coefficient (Wildman–Crippen LogP) is 4.03. The monoisotopic (exact) mass is 415 g/mol. The van der Waals surface area contributed by atoms with Crippen molar-refractivity contribution in [3.8, 4) is 11.5 Å². The van der Waals surface area contributed by atoms with Crippen LogP contribution in [0.2, 0.25) is 0 Å². The van der Waals surface area contributed by atoms with Crippen molar-refractivity contribution in [2.45, 2.75) is 31.8 Å². The van der Waals surface area contributed by atoms with Crippen molar-refractivity contribution in [1.82, 2.24) is 25.0 Å². The molecule has 0 atom stereocenters. The molecule has 0 saturated carbocycles. The first kappa shape index (κ1) is 20.0. The standard InChI is InChI=1S/C25H29N5O/c1-29-18-21(25(28-29)24-16-20-4-2-3-5-23(20)31-24)17-27-22-9-14-30(15-10-22)13-8-19-6-11-26-12-7-19/h2-7,11-12,16,18,22,27H,8-10,13-15,17H2,1H3. The molecule has 1 aromatic carbocycles. The molecule has 3 aromatic heterocycles. The van der Waals surface area contributed by atoms with Crippen LogP contribution < -0.4 is 5.32 Å². The van der Waals surface area contributed by atoms with Crippen molar-refractivity contribution in [3.05, 3.63) is 72.2 Å². The molecule has 6 nitrogen and oxygen atoms in total. The maximum absolute atomic E-state index is 6.06. The second kappa shape index (κ2) is 9.04. The molecule has 1 fully saturated rings. The molecule has 1 aliphatic heterocycles.